The highest BCUT2D eigenvalue weighted by molar-refractivity contribution is 6.00. The van der Waals surface area contributed by atoms with Crippen LogP contribution in [0.5, 0.6) is 11.5 Å². The minimum Gasteiger partial charge on any atom is -0.480 e. The van der Waals surface area contributed by atoms with Gasteiger partial charge in [-0.3, -0.25) is 4.79 Å². The van der Waals surface area contributed by atoms with Crippen molar-refractivity contribution in [2.45, 2.75) is 12.5 Å². The van der Waals surface area contributed by atoms with E-state index in [1.165, 1.54) is 0 Å². The lowest BCUT2D eigenvalue weighted by Gasteiger charge is -2.15. The number of para-hydroxylation sites is 2. The summed E-state index contributed by atoms with van der Waals surface area (Å²) in [5.41, 5.74) is 2.00. The van der Waals surface area contributed by atoms with Gasteiger partial charge in [-0.15, -0.1) is 0 Å². The summed E-state index contributed by atoms with van der Waals surface area (Å²) >= 11 is 0. The molecule has 0 saturated carbocycles. The molecule has 1 unspecified atom stereocenters. The van der Waals surface area contributed by atoms with Gasteiger partial charge < -0.3 is 24.9 Å². The number of aromatic amines is 1. The Labute approximate surface area is 148 Å². The molecule has 0 fully saturated rings. The number of rotatable bonds is 5. The van der Waals surface area contributed by atoms with Gasteiger partial charge in [-0.05, 0) is 23.8 Å². The normalized spacial score (nSPS) is 13.5. The van der Waals surface area contributed by atoms with Crippen LogP contribution < -0.4 is 14.8 Å². The zero-order valence-corrected chi connectivity index (χ0v) is 13.7. The number of amides is 1. The SMILES string of the molecule is O=C(NC(Cc1c[nH]c2ccccc12)C(=O)O)c1cccc2c1OCO2. The number of benzene rings is 2. The molecule has 4 rings (SSSR count). The number of ether oxygens (including phenoxy) is 2. The van der Waals surface area contributed by atoms with Crippen LogP contribution in [0, 0.1) is 0 Å². The Morgan fingerprint density at radius 2 is 2.00 bits per heavy atom. The zero-order chi connectivity index (χ0) is 18.1. The molecule has 1 amide bonds. The summed E-state index contributed by atoms with van der Waals surface area (Å²) in [5, 5.41) is 13.1. The van der Waals surface area contributed by atoms with Gasteiger partial charge in [0.2, 0.25) is 6.79 Å². The molecule has 0 bridgehead atoms. The predicted octanol–water partition coefficient (Wildman–Crippen LogP) is 2.32. The van der Waals surface area contributed by atoms with Crippen LogP contribution in [-0.2, 0) is 11.2 Å². The topological polar surface area (TPSA) is 101 Å². The summed E-state index contributed by atoms with van der Waals surface area (Å²) in [7, 11) is 0. The van der Waals surface area contributed by atoms with Crippen molar-refractivity contribution < 1.29 is 24.2 Å². The number of carboxylic acid groups (broad SMARTS) is 1. The van der Waals surface area contributed by atoms with Crippen LogP contribution in [-0.4, -0.2) is 34.8 Å². The zero-order valence-electron chi connectivity index (χ0n) is 13.7. The number of carboxylic acids is 1. The summed E-state index contributed by atoms with van der Waals surface area (Å²) in [6.45, 7) is 0.0390. The first-order chi connectivity index (χ1) is 12.6. The van der Waals surface area contributed by atoms with E-state index in [1.807, 2.05) is 24.3 Å². The lowest BCUT2D eigenvalue weighted by molar-refractivity contribution is -0.139. The molecule has 1 aromatic heterocycles. The summed E-state index contributed by atoms with van der Waals surface area (Å²) < 4.78 is 10.6. The molecule has 7 heteroatoms. The van der Waals surface area contributed by atoms with E-state index in [0.29, 0.717) is 11.5 Å². The second kappa shape index (κ2) is 6.44. The van der Waals surface area contributed by atoms with E-state index < -0.39 is 17.9 Å². The number of carbonyl (C=O) groups is 2. The maximum atomic E-state index is 12.6. The maximum absolute atomic E-state index is 12.6. The number of nitrogens with one attached hydrogen (secondary N) is 2. The fraction of sp³-hybridized carbons (Fsp3) is 0.158. The third-order valence-corrected chi connectivity index (χ3v) is 4.34. The average molecular weight is 352 g/mol. The minimum atomic E-state index is -1.10. The lowest BCUT2D eigenvalue weighted by Crippen LogP contribution is -2.42. The van der Waals surface area contributed by atoms with Gasteiger partial charge in [0.05, 0.1) is 5.56 Å². The van der Waals surface area contributed by atoms with Crippen LogP contribution in [0.4, 0.5) is 0 Å². The Morgan fingerprint density at radius 1 is 1.15 bits per heavy atom. The molecule has 3 N–H and O–H groups in total. The van der Waals surface area contributed by atoms with Gasteiger partial charge in [0.15, 0.2) is 11.5 Å². The highest BCUT2D eigenvalue weighted by Crippen LogP contribution is 2.35. The number of fused-ring (bicyclic) bond motifs is 2. The Morgan fingerprint density at radius 3 is 2.85 bits per heavy atom. The van der Waals surface area contributed by atoms with Gasteiger partial charge in [0.25, 0.3) is 5.91 Å². The molecule has 0 radical (unpaired) electrons. The van der Waals surface area contributed by atoms with Gasteiger partial charge in [-0.2, -0.15) is 0 Å². The lowest BCUT2D eigenvalue weighted by atomic mass is 10.0. The van der Waals surface area contributed by atoms with Crippen molar-refractivity contribution in [3.8, 4) is 11.5 Å². The summed E-state index contributed by atoms with van der Waals surface area (Å²) in [6, 6.07) is 11.5. The van der Waals surface area contributed by atoms with E-state index in [2.05, 4.69) is 10.3 Å². The van der Waals surface area contributed by atoms with Crippen molar-refractivity contribution in [3.63, 3.8) is 0 Å². The Balaban J connectivity index is 1.57. The highest BCUT2D eigenvalue weighted by Gasteiger charge is 2.26. The first-order valence-corrected chi connectivity index (χ1v) is 8.11. The second-order valence-corrected chi connectivity index (χ2v) is 5.97. The van der Waals surface area contributed by atoms with Crippen molar-refractivity contribution >= 4 is 22.8 Å². The van der Waals surface area contributed by atoms with Crippen LogP contribution in [0.3, 0.4) is 0 Å². The minimum absolute atomic E-state index is 0.0390. The molecule has 1 aliphatic rings. The molecular formula is C19H16N2O5. The van der Waals surface area contributed by atoms with E-state index in [0.717, 1.165) is 16.5 Å². The van der Waals surface area contributed by atoms with E-state index in [-0.39, 0.29) is 18.8 Å². The largest absolute Gasteiger partial charge is 0.480 e. The van der Waals surface area contributed by atoms with E-state index in [4.69, 9.17) is 9.47 Å². The average Bonchev–Trinajstić information content (AvgIpc) is 3.27. The molecule has 3 aromatic rings. The number of hydrogen-bond donors (Lipinski definition) is 3. The number of aromatic nitrogens is 1. The number of hydrogen-bond acceptors (Lipinski definition) is 4. The van der Waals surface area contributed by atoms with Crippen LogP contribution in [0.2, 0.25) is 0 Å². The second-order valence-electron chi connectivity index (χ2n) is 5.97. The van der Waals surface area contributed by atoms with Gasteiger partial charge >= 0.3 is 5.97 Å². The predicted molar refractivity (Wildman–Crippen MR) is 93.5 cm³/mol. The van der Waals surface area contributed by atoms with E-state index in [9.17, 15) is 14.7 Å². The fourth-order valence-electron chi connectivity index (χ4n) is 3.07. The Bertz CT molecular complexity index is 995. The molecule has 2 aromatic carbocycles. The highest BCUT2D eigenvalue weighted by atomic mass is 16.7. The van der Waals surface area contributed by atoms with Crippen molar-refractivity contribution in [3.05, 3.63) is 59.8 Å². The maximum Gasteiger partial charge on any atom is 0.326 e. The monoisotopic (exact) mass is 352 g/mol. The van der Waals surface area contributed by atoms with Gasteiger partial charge in [-0.1, -0.05) is 24.3 Å². The number of aliphatic carboxylic acids is 1. The molecule has 132 valence electrons. The molecule has 1 atom stereocenters. The number of carbonyl (C=O) groups excluding carboxylic acids is 1. The first-order valence-electron chi connectivity index (χ1n) is 8.11. The molecule has 0 saturated heterocycles. The van der Waals surface area contributed by atoms with Crippen LogP contribution in [0.25, 0.3) is 10.9 Å². The molecule has 26 heavy (non-hydrogen) atoms. The standard InChI is InChI=1S/C19H16N2O5/c22-18(13-5-3-7-16-17(13)26-10-25-16)21-15(19(23)24)8-11-9-20-14-6-2-1-4-12(11)14/h1-7,9,15,20H,8,10H2,(H,21,22)(H,23,24). The molecular weight excluding hydrogens is 336 g/mol. The molecule has 2 heterocycles. The van der Waals surface area contributed by atoms with Crippen molar-refractivity contribution in [2.24, 2.45) is 0 Å². The van der Waals surface area contributed by atoms with Crippen molar-refractivity contribution in [1.82, 2.24) is 10.3 Å². The van der Waals surface area contributed by atoms with Gasteiger partial charge in [-0.25, -0.2) is 4.79 Å². The molecule has 0 aliphatic carbocycles. The first kappa shape index (κ1) is 16.0. The summed E-state index contributed by atoms with van der Waals surface area (Å²) in [4.78, 5) is 27.4. The van der Waals surface area contributed by atoms with Gasteiger partial charge in [0, 0.05) is 23.5 Å². The summed E-state index contributed by atoms with van der Waals surface area (Å²) in [5.74, 6) is -0.810. The third kappa shape index (κ3) is 2.83. The van der Waals surface area contributed by atoms with E-state index in [1.54, 1.807) is 24.4 Å². The summed E-state index contributed by atoms with van der Waals surface area (Å²) in [6.07, 6.45) is 1.93. The van der Waals surface area contributed by atoms with Crippen molar-refractivity contribution in [2.75, 3.05) is 6.79 Å². The molecule has 1 aliphatic heterocycles. The third-order valence-electron chi connectivity index (χ3n) is 4.34. The molecule has 7 nitrogen and oxygen atoms in total. The van der Waals surface area contributed by atoms with Gasteiger partial charge in [0.1, 0.15) is 6.04 Å². The van der Waals surface area contributed by atoms with Crippen molar-refractivity contribution in [1.29, 1.82) is 0 Å². The molecule has 0 spiro atoms. The Kier molecular flexibility index (Phi) is 3.96. The smallest absolute Gasteiger partial charge is 0.326 e. The van der Waals surface area contributed by atoms with E-state index >= 15 is 0 Å². The van der Waals surface area contributed by atoms with Crippen LogP contribution >= 0.6 is 0 Å². The van der Waals surface area contributed by atoms with Crippen LogP contribution in [0.15, 0.2) is 48.7 Å². The fourth-order valence-corrected chi connectivity index (χ4v) is 3.07. The quantitative estimate of drug-likeness (QED) is 0.654. The number of H-pyrrole nitrogens is 1. The Hall–Kier alpha value is -3.48. The van der Waals surface area contributed by atoms with Crippen LogP contribution in [0.1, 0.15) is 15.9 Å².